The quantitative estimate of drug-likeness (QED) is 0.408. The number of carbonyl (C=O) groups is 1. The number of nitrogens with zero attached hydrogens (tertiary/aromatic N) is 3. The van der Waals surface area contributed by atoms with Gasteiger partial charge >= 0.3 is 0 Å². The molecule has 0 bridgehead atoms. The Labute approximate surface area is 200 Å². The van der Waals surface area contributed by atoms with Crippen LogP contribution in [0.3, 0.4) is 0 Å². The van der Waals surface area contributed by atoms with Crippen molar-refractivity contribution in [1.82, 2.24) is 10.2 Å². The number of rotatable bonds is 4. The molecule has 2 aromatic carbocycles. The Hall–Kier alpha value is -3.24. The van der Waals surface area contributed by atoms with Crippen molar-refractivity contribution in [1.29, 1.82) is 0 Å². The van der Waals surface area contributed by atoms with Gasteiger partial charge in [-0.05, 0) is 59.1 Å². The summed E-state index contributed by atoms with van der Waals surface area (Å²) in [5.41, 5.74) is 1.72. The molecule has 33 heavy (non-hydrogen) atoms. The van der Waals surface area contributed by atoms with Crippen LogP contribution in [0.5, 0.6) is 11.5 Å². The molecule has 8 nitrogen and oxygen atoms in total. The highest BCUT2D eigenvalue weighted by atomic mass is 79.9. The SMILES string of the molecule is CCc1nnc(N2C(=O)c3oc4ccc(C)cc4c(=O)c3C2c2cc(Br)c(O)c(OC)c2)s1. The molecule has 1 N–H and O–H groups in total. The predicted octanol–water partition coefficient (Wildman–Crippen LogP) is 4.74. The van der Waals surface area contributed by atoms with Gasteiger partial charge in [0.25, 0.3) is 5.91 Å². The average Bonchev–Trinajstić information content (AvgIpc) is 3.39. The monoisotopic (exact) mass is 527 g/mol. The largest absolute Gasteiger partial charge is 0.503 e. The van der Waals surface area contributed by atoms with Gasteiger partial charge in [0.15, 0.2) is 16.9 Å². The van der Waals surface area contributed by atoms with Crippen LogP contribution in [0.2, 0.25) is 0 Å². The van der Waals surface area contributed by atoms with Crippen LogP contribution in [0, 0.1) is 6.92 Å². The highest BCUT2D eigenvalue weighted by Gasteiger charge is 2.45. The maximum absolute atomic E-state index is 13.7. The third-order valence-electron chi connectivity index (χ3n) is 5.58. The van der Waals surface area contributed by atoms with E-state index in [4.69, 9.17) is 9.15 Å². The van der Waals surface area contributed by atoms with E-state index in [1.165, 1.54) is 23.3 Å². The van der Waals surface area contributed by atoms with Crippen molar-refractivity contribution in [3.63, 3.8) is 0 Å². The summed E-state index contributed by atoms with van der Waals surface area (Å²) < 4.78 is 11.6. The summed E-state index contributed by atoms with van der Waals surface area (Å²) in [5, 5.41) is 20.2. The molecule has 10 heteroatoms. The van der Waals surface area contributed by atoms with E-state index in [0.29, 0.717) is 32.6 Å². The van der Waals surface area contributed by atoms with Gasteiger partial charge in [-0.3, -0.25) is 14.5 Å². The van der Waals surface area contributed by atoms with Crippen molar-refractivity contribution in [2.75, 3.05) is 12.0 Å². The molecule has 5 rings (SSSR count). The zero-order valence-corrected chi connectivity index (χ0v) is 20.3. The smallest absolute Gasteiger partial charge is 0.297 e. The van der Waals surface area contributed by atoms with Crippen molar-refractivity contribution in [3.8, 4) is 11.5 Å². The van der Waals surface area contributed by atoms with Crippen molar-refractivity contribution >= 4 is 49.3 Å². The maximum atomic E-state index is 13.7. The van der Waals surface area contributed by atoms with Crippen LogP contribution in [-0.2, 0) is 6.42 Å². The Morgan fingerprint density at radius 2 is 2.03 bits per heavy atom. The number of carbonyl (C=O) groups excluding carboxylic acids is 1. The number of aryl methyl sites for hydroxylation is 2. The zero-order valence-electron chi connectivity index (χ0n) is 17.9. The predicted molar refractivity (Wildman–Crippen MR) is 128 cm³/mol. The molecule has 1 aliphatic heterocycles. The average molecular weight is 528 g/mol. The molecule has 3 heterocycles. The molecule has 0 spiro atoms. The summed E-state index contributed by atoms with van der Waals surface area (Å²) >= 11 is 4.62. The van der Waals surface area contributed by atoms with Crippen LogP contribution in [0.25, 0.3) is 11.0 Å². The van der Waals surface area contributed by atoms with Gasteiger partial charge in [0, 0.05) is 0 Å². The normalized spacial score (nSPS) is 15.3. The van der Waals surface area contributed by atoms with Crippen LogP contribution in [0.15, 0.2) is 44.0 Å². The molecule has 1 atom stereocenters. The van der Waals surface area contributed by atoms with Crippen molar-refractivity contribution in [3.05, 3.63) is 72.5 Å². The Kier molecular flexibility index (Phi) is 5.21. The molecule has 0 aliphatic carbocycles. The number of anilines is 1. The maximum Gasteiger partial charge on any atom is 0.297 e. The van der Waals surface area contributed by atoms with E-state index in [-0.39, 0.29) is 28.3 Å². The lowest BCUT2D eigenvalue weighted by molar-refractivity contribution is 0.0970. The van der Waals surface area contributed by atoms with Gasteiger partial charge in [0.05, 0.1) is 28.6 Å². The molecule has 1 aliphatic rings. The molecule has 4 aromatic rings. The minimum Gasteiger partial charge on any atom is -0.503 e. The Balaban J connectivity index is 1.83. The van der Waals surface area contributed by atoms with Gasteiger partial charge in [-0.15, -0.1) is 10.2 Å². The number of aromatic nitrogens is 2. The second kappa shape index (κ2) is 7.96. The number of phenols is 1. The lowest BCUT2D eigenvalue weighted by atomic mass is 9.98. The van der Waals surface area contributed by atoms with Crippen molar-refractivity contribution in [2.45, 2.75) is 26.3 Å². The number of aromatic hydroxyl groups is 1. The number of hydrogen-bond acceptors (Lipinski definition) is 8. The topological polar surface area (TPSA) is 106 Å². The molecule has 1 unspecified atom stereocenters. The Morgan fingerprint density at radius 3 is 2.73 bits per heavy atom. The third-order valence-corrected chi connectivity index (χ3v) is 7.25. The highest BCUT2D eigenvalue weighted by molar-refractivity contribution is 9.10. The molecule has 1 amide bonds. The molecule has 0 radical (unpaired) electrons. The zero-order chi connectivity index (χ0) is 23.4. The number of ether oxygens (including phenoxy) is 1. The number of benzene rings is 2. The molecule has 0 fully saturated rings. The van der Waals surface area contributed by atoms with Crippen LogP contribution in [0.1, 0.15) is 45.2 Å². The van der Waals surface area contributed by atoms with E-state index in [1.54, 1.807) is 24.3 Å². The third kappa shape index (κ3) is 3.32. The summed E-state index contributed by atoms with van der Waals surface area (Å²) in [6.45, 7) is 3.83. The van der Waals surface area contributed by atoms with Crippen molar-refractivity contribution in [2.24, 2.45) is 0 Å². The van der Waals surface area contributed by atoms with Gasteiger partial charge in [0.1, 0.15) is 10.6 Å². The fraction of sp³-hybridized carbons (Fsp3) is 0.217. The van der Waals surface area contributed by atoms with E-state index in [9.17, 15) is 14.7 Å². The summed E-state index contributed by atoms with van der Waals surface area (Å²) in [6, 6.07) is 7.68. The summed E-state index contributed by atoms with van der Waals surface area (Å²) in [5.74, 6) is -0.384. The van der Waals surface area contributed by atoms with E-state index in [1.807, 2.05) is 19.9 Å². The van der Waals surface area contributed by atoms with Crippen LogP contribution in [0.4, 0.5) is 5.13 Å². The molecular formula is C23H18BrN3O5S. The number of phenolic OH excluding ortho intramolecular Hbond substituents is 1. The number of methoxy groups -OCH3 is 1. The molecule has 0 saturated carbocycles. The molecule has 2 aromatic heterocycles. The van der Waals surface area contributed by atoms with Crippen LogP contribution in [-0.4, -0.2) is 28.3 Å². The Morgan fingerprint density at radius 1 is 1.24 bits per heavy atom. The molecule has 0 saturated heterocycles. The Bertz CT molecular complexity index is 1500. The van der Waals surface area contributed by atoms with E-state index in [2.05, 4.69) is 26.1 Å². The van der Waals surface area contributed by atoms with Crippen LogP contribution >= 0.6 is 27.3 Å². The van der Waals surface area contributed by atoms with E-state index < -0.39 is 11.9 Å². The first-order valence-electron chi connectivity index (χ1n) is 10.1. The highest BCUT2D eigenvalue weighted by Crippen LogP contribution is 2.45. The lowest BCUT2D eigenvalue weighted by Crippen LogP contribution is -2.29. The minimum atomic E-state index is -0.836. The molecule has 168 valence electrons. The van der Waals surface area contributed by atoms with Crippen molar-refractivity contribution < 1.29 is 19.1 Å². The first-order valence-corrected chi connectivity index (χ1v) is 11.7. The summed E-state index contributed by atoms with van der Waals surface area (Å²) in [7, 11) is 1.43. The van der Waals surface area contributed by atoms with Gasteiger partial charge in [0.2, 0.25) is 10.9 Å². The van der Waals surface area contributed by atoms with E-state index >= 15 is 0 Å². The van der Waals surface area contributed by atoms with Gasteiger partial charge in [-0.25, -0.2) is 0 Å². The van der Waals surface area contributed by atoms with Gasteiger partial charge in [-0.2, -0.15) is 0 Å². The fourth-order valence-corrected chi connectivity index (χ4v) is 5.26. The number of halogens is 1. The van der Waals surface area contributed by atoms with E-state index in [0.717, 1.165) is 10.6 Å². The number of amides is 1. The summed E-state index contributed by atoms with van der Waals surface area (Å²) in [6.07, 6.45) is 0.663. The number of fused-ring (bicyclic) bond motifs is 2. The first kappa shape index (κ1) is 21.6. The minimum absolute atomic E-state index is 0.0298. The first-order chi connectivity index (χ1) is 15.8. The molecular weight excluding hydrogens is 510 g/mol. The van der Waals surface area contributed by atoms with Crippen LogP contribution < -0.4 is 15.1 Å². The second-order valence-electron chi connectivity index (χ2n) is 7.64. The summed E-state index contributed by atoms with van der Waals surface area (Å²) in [4.78, 5) is 28.7. The van der Waals surface area contributed by atoms with Gasteiger partial charge in [-0.1, -0.05) is 29.9 Å². The number of hydrogen-bond donors (Lipinski definition) is 1. The second-order valence-corrected chi connectivity index (χ2v) is 9.53. The standard InChI is InChI=1S/C23H18BrN3O5S/c1-4-16-25-26-23(33-16)27-18(11-8-13(24)20(29)15(9-11)31-3)17-19(28)12-7-10(2)5-6-14(12)32-21(17)22(27)30/h5-9,18,29H,4H2,1-3H3. The lowest BCUT2D eigenvalue weighted by Gasteiger charge is -2.23. The van der Waals surface area contributed by atoms with Gasteiger partial charge < -0.3 is 14.3 Å². The fourth-order valence-electron chi connectivity index (χ4n) is 3.99.